The van der Waals surface area contributed by atoms with Gasteiger partial charge in [0.15, 0.2) is 0 Å². The number of H-pyrrole nitrogens is 1. The number of hydrogen-bond donors (Lipinski definition) is 2. The largest absolute Gasteiger partial charge is 0.351 e. The number of amides is 1. The summed E-state index contributed by atoms with van der Waals surface area (Å²) in [6.07, 6.45) is 3.20. The number of aromatic amines is 1. The lowest BCUT2D eigenvalue weighted by Crippen LogP contribution is -2.23. The lowest BCUT2D eigenvalue weighted by molar-refractivity contribution is 0.0913. The lowest BCUT2D eigenvalue weighted by atomic mass is 10.2. The maximum Gasteiger partial charge on any atom is 0.290 e. The Hall–Kier alpha value is -2.11. The van der Waals surface area contributed by atoms with Crippen LogP contribution in [0.15, 0.2) is 16.9 Å². The van der Waals surface area contributed by atoms with Crippen molar-refractivity contribution < 1.29 is 9.32 Å². The number of rotatable bonds is 3. The van der Waals surface area contributed by atoms with Crippen molar-refractivity contribution in [2.75, 3.05) is 0 Å². The molecule has 0 spiro atoms. The number of aromatic nitrogens is 3. The minimum absolute atomic E-state index is 0.251. The molecule has 0 bridgehead atoms. The Kier molecular flexibility index (Phi) is 2.72. The fourth-order valence-electron chi connectivity index (χ4n) is 1.32. The van der Waals surface area contributed by atoms with E-state index in [0.29, 0.717) is 6.54 Å². The minimum atomic E-state index is -0.268. The van der Waals surface area contributed by atoms with Crippen molar-refractivity contribution in [1.82, 2.24) is 20.7 Å². The predicted molar refractivity (Wildman–Crippen MR) is 55.7 cm³/mol. The van der Waals surface area contributed by atoms with Crippen molar-refractivity contribution in [3.05, 3.63) is 35.0 Å². The van der Waals surface area contributed by atoms with E-state index in [4.69, 9.17) is 4.52 Å². The molecule has 6 nitrogen and oxygen atoms in total. The predicted octanol–water partition coefficient (Wildman–Crippen LogP) is 0.945. The molecule has 1 amide bonds. The molecule has 6 heteroatoms. The molecular formula is C10H12N4O2. The molecule has 0 fully saturated rings. The van der Waals surface area contributed by atoms with Crippen LogP contribution in [0.25, 0.3) is 0 Å². The van der Waals surface area contributed by atoms with Crippen LogP contribution in [-0.2, 0) is 6.54 Å². The van der Waals surface area contributed by atoms with E-state index in [9.17, 15) is 4.79 Å². The Morgan fingerprint density at radius 1 is 1.50 bits per heavy atom. The first kappa shape index (κ1) is 10.4. The molecule has 2 aromatic heterocycles. The Morgan fingerprint density at radius 2 is 2.31 bits per heavy atom. The fourth-order valence-corrected chi connectivity index (χ4v) is 1.32. The highest BCUT2D eigenvalue weighted by molar-refractivity contribution is 5.92. The molecule has 2 N–H and O–H groups in total. The van der Waals surface area contributed by atoms with Crippen molar-refractivity contribution in [3.63, 3.8) is 0 Å². The fraction of sp³-hybridized carbons (Fsp3) is 0.300. The second-order valence-corrected chi connectivity index (χ2v) is 3.54. The van der Waals surface area contributed by atoms with E-state index >= 15 is 0 Å². The van der Waals surface area contributed by atoms with E-state index in [1.54, 1.807) is 13.1 Å². The molecule has 0 saturated heterocycles. The van der Waals surface area contributed by atoms with Gasteiger partial charge in [-0.2, -0.15) is 5.10 Å². The van der Waals surface area contributed by atoms with E-state index in [2.05, 4.69) is 20.7 Å². The summed E-state index contributed by atoms with van der Waals surface area (Å²) in [6, 6.07) is 0. The Labute approximate surface area is 92.0 Å². The molecule has 0 aliphatic rings. The summed E-state index contributed by atoms with van der Waals surface area (Å²) in [5.74, 6) is -0.0169. The third kappa shape index (κ3) is 1.95. The molecule has 16 heavy (non-hydrogen) atoms. The molecule has 0 radical (unpaired) electrons. The minimum Gasteiger partial charge on any atom is -0.351 e. The van der Waals surface area contributed by atoms with E-state index in [1.165, 1.54) is 6.20 Å². The summed E-state index contributed by atoms with van der Waals surface area (Å²) in [7, 11) is 0. The van der Waals surface area contributed by atoms with Gasteiger partial charge >= 0.3 is 0 Å². The lowest BCUT2D eigenvalue weighted by Gasteiger charge is -2.01. The van der Waals surface area contributed by atoms with Crippen molar-refractivity contribution in [2.45, 2.75) is 20.4 Å². The van der Waals surface area contributed by atoms with Gasteiger partial charge < -0.3 is 9.84 Å². The van der Waals surface area contributed by atoms with Crippen molar-refractivity contribution in [1.29, 1.82) is 0 Å². The molecule has 0 aliphatic heterocycles. The van der Waals surface area contributed by atoms with Gasteiger partial charge in [0.1, 0.15) is 0 Å². The third-order valence-corrected chi connectivity index (χ3v) is 2.33. The van der Waals surface area contributed by atoms with Gasteiger partial charge in [-0.15, -0.1) is 0 Å². The zero-order valence-electron chi connectivity index (χ0n) is 9.07. The maximum absolute atomic E-state index is 11.7. The van der Waals surface area contributed by atoms with E-state index in [0.717, 1.165) is 16.8 Å². The Bertz CT molecular complexity index is 500. The summed E-state index contributed by atoms with van der Waals surface area (Å²) in [5.41, 5.74) is 2.61. The molecule has 2 aromatic rings. The monoisotopic (exact) mass is 220 g/mol. The molecule has 2 rings (SSSR count). The van der Waals surface area contributed by atoms with Crippen LogP contribution in [0.3, 0.4) is 0 Å². The van der Waals surface area contributed by atoms with Gasteiger partial charge in [0.25, 0.3) is 5.91 Å². The van der Waals surface area contributed by atoms with E-state index in [1.807, 2.05) is 6.92 Å². The first-order valence-corrected chi connectivity index (χ1v) is 4.87. The Balaban J connectivity index is 1.99. The number of nitrogens with zero attached hydrogens (tertiary/aromatic N) is 2. The number of aryl methyl sites for hydroxylation is 2. The van der Waals surface area contributed by atoms with E-state index in [-0.39, 0.29) is 11.7 Å². The number of nitrogens with one attached hydrogen (secondary N) is 2. The third-order valence-electron chi connectivity index (χ3n) is 2.33. The summed E-state index contributed by atoms with van der Waals surface area (Å²) in [5, 5.41) is 13.0. The standard InChI is InChI=1S/C10H12N4O2/c1-6-3-13-16-9(6)10(15)11-4-8-5-12-14-7(8)2/h3,5H,4H2,1-2H3,(H,11,15)(H,12,14). The Morgan fingerprint density at radius 3 is 2.88 bits per heavy atom. The average molecular weight is 220 g/mol. The zero-order valence-corrected chi connectivity index (χ0v) is 9.07. The molecule has 84 valence electrons. The summed E-state index contributed by atoms with van der Waals surface area (Å²) in [4.78, 5) is 11.7. The van der Waals surface area contributed by atoms with Crippen molar-refractivity contribution >= 4 is 5.91 Å². The van der Waals surface area contributed by atoms with Crippen LogP contribution in [0.4, 0.5) is 0 Å². The molecule has 0 atom stereocenters. The first-order chi connectivity index (χ1) is 7.68. The molecule has 0 aromatic carbocycles. The normalized spacial score (nSPS) is 10.4. The molecular weight excluding hydrogens is 208 g/mol. The van der Waals surface area contributed by atoms with Gasteiger partial charge in [-0.1, -0.05) is 5.16 Å². The van der Waals surface area contributed by atoms with Crippen LogP contribution in [0, 0.1) is 13.8 Å². The van der Waals surface area contributed by atoms with Gasteiger partial charge in [0.2, 0.25) is 5.76 Å². The van der Waals surface area contributed by atoms with Crippen LogP contribution in [-0.4, -0.2) is 21.3 Å². The first-order valence-electron chi connectivity index (χ1n) is 4.87. The number of carbonyl (C=O) groups excluding carboxylic acids is 1. The summed E-state index contributed by atoms with van der Waals surface area (Å²) >= 11 is 0. The second kappa shape index (κ2) is 4.18. The highest BCUT2D eigenvalue weighted by atomic mass is 16.5. The highest BCUT2D eigenvalue weighted by Gasteiger charge is 2.13. The topological polar surface area (TPSA) is 83.8 Å². The van der Waals surface area contributed by atoms with Gasteiger partial charge in [-0.3, -0.25) is 9.89 Å². The quantitative estimate of drug-likeness (QED) is 0.806. The van der Waals surface area contributed by atoms with E-state index < -0.39 is 0 Å². The smallest absolute Gasteiger partial charge is 0.290 e. The van der Waals surface area contributed by atoms with Crippen LogP contribution < -0.4 is 5.32 Å². The van der Waals surface area contributed by atoms with Gasteiger partial charge in [-0.25, -0.2) is 0 Å². The van der Waals surface area contributed by atoms with Gasteiger partial charge in [-0.05, 0) is 13.8 Å². The van der Waals surface area contributed by atoms with Gasteiger partial charge in [0.05, 0.1) is 12.4 Å². The SMILES string of the molecule is Cc1cnoc1C(=O)NCc1cn[nH]c1C. The average Bonchev–Trinajstić information content (AvgIpc) is 2.84. The number of carbonyl (C=O) groups is 1. The maximum atomic E-state index is 11.7. The van der Waals surface area contributed by atoms with Crippen molar-refractivity contribution in [2.24, 2.45) is 0 Å². The van der Waals surface area contributed by atoms with Crippen molar-refractivity contribution in [3.8, 4) is 0 Å². The van der Waals surface area contributed by atoms with Crippen LogP contribution in [0.2, 0.25) is 0 Å². The highest BCUT2D eigenvalue weighted by Crippen LogP contribution is 2.07. The molecule has 0 unspecified atom stereocenters. The van der Waals surface area contributed by atoms with Crippen LogP contribution >= 0.6 is 0 Å². The number of hydrogen-bond acceptors (Lipinski definition) is 4. The summed E-state index contributed by atoms with van der Waals surface area (Å²) < 4.78 is 4.84. The zero-order chi connectivity index (χ0) is 11.5. The summed E-state index contributed by atoms with van der Waals surface area (Å²) in [6.45, 7) is 4.09. The van der Waals surface area contributed by atoms with Crippen LogP contribution in [0.5, 0.6) is 0 Å². The molecule has 0 saturated carbocycles. The second-order valence-electron chi connectivity index (χ2n) is 3.54. The molecule has 0 aliphatic carbocycles. The van der Waals surface area contributed by atoms with Gasteiger partial charge in [0, 0.05) is 23.4 Å². The molecule has 2 heterocycles. The van der Waals surface area contributed by atoms with Crippen LogP contribution in [0.1, 0.15) is 27.4 Å².